The van der Waals surface area contributed by atoms with Crippen molar-refractivity contribution in [1.29, 1.82) is 0 Å². The molecule has 2 aromatic rings. The van der Waals surface area contributed by atoms with Crippen molar-refractivity contribution in [2.45, 2.75) is 71.1 Å². The summed E-state index contributed by atoms with van der Waals surface area (Å²) in [5.74, 6) is 1.80. The summed E-state index contributed by atoms with van der Waals surface area (Å²) in [4.78, 5) is 4.24. The van der Waals surface area contributed by atoms with E-state index in [9.17, 15) is 0 Å². The maximum Gasteiger partial charge on any atom is 0.169 e. The first-order valence-electron chi connectivity index (χ1n) is 11.4. The molecule has 5 nitrogen and oxygen atoms in total. The lowest BCUT2D eigenvalue weighted by Crippen LogP contribution is -2.24. The number of imidazole rings is 1. The zero-order chi connectivity index (χ0) is 20.2. The van der Waals surface area contributed by atoms with Crippen LogP contribution in [0.1, 0.15) is 76.7 Å². The Kier molecular flexibility index (Phi) is 9.08. The number of hydrogen-bond donors (Lipinski definition) is 0. The molecule has 0 aliphatic carbocycles. The lowest BCUT2D eigenvalue weighted by molar-refractivity contribution is 0.296. The van der Waals surface area contributed by atoms with Crippen LogP contribution in [0.5, 0.6) is 5.75 Å². The van der Waals surface area contributed by atoms with Gasteiger partial charge in [0.25, 0.3) is 0 Å². The van der Waals surface area contributed by atoms with E-state index in [-0.39, 0.29) is 0 Å². The summed E-state index contributed by atoms with van der Waals surface area (Å²) < 4.78 is 8.20. The number of unbranched alkanes of at least 4 members (excludes halogenated alkanes) is 5. The molecule has 1 aliphatic rings. The van der Waals surface area contributed by atoms with Crippen LogP contribution in [0.15, 0.2) is 48.1 Å². The van der Waals surface area contributed by atoms with E-state index in [1.165, 1.54) is 57.8 Å². The highest BCUT2D eigenvalue weighted by molar-refractivity contribution is 6.02. The van der Waals surface area contributed by atoms with Gasteiger partial charge in [0.15, 0.2) is 5.84 Å². The Labute approximate surface area is 175 Å². The second-order valence-electron chi connectivity index (χ2n) is 7.87. The van der Waals surface area contributed by atoms with E-state index in [0.29, 0.717) is 0 Å². The lowest BCUT2D eigenvalue weighted by Gasteiger charge is -2.20. The molecule has 1 saturated heterocycles. The van der Waals surface area contributed by atoms with Crippen LogP contribution in [-0.2, 0) is 0 Å². The van der Waals surface area contributed by atoms with Crippen LogP contribution in [0.4, 0.5) is 0 Å². The zero-order valence-electron chi connectivity index (χ0n) is 17.9. The third kappa shape index (κ3) is 6.91. The molecule has 0 N–H and O–H groups in total. The molecule has 5 heteroatoms. The monoisotopic (exact) mass is 396 g/mol. The first kappa shape index (κ1) is 21.4. The summed E-state index contributed by atoms with van der Waals surface area (Å²) in [7, 11) is 0. The van der Waals surface area contributed by atoms with Crippen molar-refractivity contribution in [2.24, 2.45) is 5.10 Å². The number of rotatable bonds is 10. The molecule has 1 fully saturated rings. The van der Waals surface area contributed by atoms with Crippen LogP contribution in [0, 0.1) is 0 Å². The van der Waals surface area contributed by atoms with E-state index >= 15 is 0 Å². The van der Waals surface area contributed by atoms with Gasteiger partial charge in [-0.1, -0.05) is 64.0 Å². The zero-order valence-corrected chi connectivity index (χ0v) is 17.9. The quantitative estimate of drug-likeness (QED) is 0.293. The fourth-order valence-electron chi connectivity index (χ4n) is 3.76. The number of ether oxygens (including phenoxy) is 1. The first-order chi connectivity index (χ1) is 14.4. The van der Waals surface area contributed by atoms with Crippen LogP contribution in [0.3, 0.4) is 0 Å². The molecule has 0 unspecified atom stereocenters. The van der Waals surface area contributed by atoms with Gasteiger partial charge in [-0.2, -0.15) is 5.10 Å². The number of para-hydroxylation sites is 1. The van der Waals surface area contributed by atoms with Crippen molar-refractivity contribution < 1.29 is 4.74 Å². The van der Waals surface area contributed by atoms with Gasteiger partial charge in [0.2, 0.25) is 0 Å². The molecule has 0 saturated carbocycles. The van der Waals surface area contributed by atoms with E-state index in [1.807, 2.05) is 23.2 Å². The van der Waals surface area contributed by atoms with Crippen molar-refractivity contribution in [3.8, 4) is 5.75 Å². The van der Waals surface area contributed by atoms with Gasteiger partial charge in [0, 0.05) is 25.5 Å². The summed E-state index contributed by atoms with van der Waals surface area (Å²) in [6.45, 7) is 5.03. The summed E-state index contributed by atoms with van der Waals surface area (Å²) in [5.41, 5.74) is 1.03. The van der Waals surface area contributed by atoms with Crippen LogP contribution in [0.25, 0.3) is 0 Å². The van der Waals surface area contributed by atoms with Gasteiger partial charge in [-0.25, -0.2) is 4.98 Å². The fraction of sp³-hybridized carbons (Fsp3) is 0.583. The van der Waals surface area contributed by atoms with Gasteiger partial charge in [0.1, 0.15) is 12.1 Å². The highest BCUT2D eigenvalue weighted by Crippen LogP contribution is 2.22. The highest BCUT2D eigenvalue weighted by Gasteiger charge is 2.15. The van der Waals surface area contributed by atoms with Gasteiger partial charge in [-0.05, 0) is 31.4 Å². The molecule has 0 amide bonds. The number of nitrogens with zero attached hydrogens (tertiary/aromatic N) is 4. The number of hydrazone groups is 1. The Hall–Kier alpha value is -2.30. The van der Waals surface area contributed by atoms with E-state index in [4.69, 9.17) is 9.84 Å². The second kappa shape index (κ2) is 12.3. The van der Waals surface area contributed by atoms with Gasteiger partial charge in [-0.3, -0.25) is 9.58 Å². The molecule has 1 aromatic heterocycles. The topological polar surface area (TPSA) is 42.6 Å². The summed E-state index contributed by atoms with van der Waals surface area (Å²) in [5, 5.41) is 7.26. The number of hydrogen-bond acceptors (Lipinski definition) is 4. The standard InChI is InChI=1S/C24H36N4O/c1-2-3-4-5-8-13-20-29-23-15-10-9-14-22(23)24(27-19-16-25-21-27)26-28-17-11-6-7-12-18-28/h9-10,14-16,19,21H,2-8,11-13,17-18,20H2,1H3. The van der Waals surface area contributed by atoms with Crippen molar-refractivity contribution >= 4 is 5.84 Å². The minimum Gasteiger partial charge on any atom is -0.493 e. The molecule has 0 atom stereocenters. The SMILES string of the molecule is CCCCCCCCOc1ccccc1C(=NN1CCCCCC1)n1ccnc1. The molecule has 1 aliphatic heterocycles. The first-order valence-corrected chi connectivity index (χ1v) is 11.4. The minimum atomic E-state index is 0.754. The van der Waals surface area contributed by atoms with Crippen molar-refractivity contribution in [2.75, 3.05) is 19.7 Å². The molecule has 2 heterocycles. The Morgan fingerprint density at radius 1 is 1.00 bits per heavy atom. The van der Waals surface area contributed by atoms with Gasteiger partial charge in [-0.15, -0.1) is 0 Å². The third-order valence-corrected chi connectivity index (χ3v) is 5.45. The highest BCUT2D eigenvalue weighted by atomic mass is 16.5. The van der Waals surface area contributed by atoms with E-state index in [1.54, 1.807) is 6.20 Å². The molecule has 29 heavy (non-hydrogen) atoms. The Bertz CT molecular complexity index is 718. The van der Waals surface area contributed by atoms with Crippen LogP contribution in [0.2, 0.25) is 0 Å². The van der Waals surface area contributed by atoms with Crippen LogP contribution in [-0.4, -0.2) is 40.1 Å². The number of benzene rings is 1. The van der Waals surface area contributed by atoms with E-state index in [0.717, 1.165) is 43.3 Å². The molecule has 3 rings (SSSR count). The minimum absolute atomic E-state index is 0.754. The molecule has 1 aromatic carbocycles. The van der Waals surface area contributed by atoms with E-state index < -0.39 is 0 Å². The summed E-state index contributed by atoms with van der Waals surface area (Å²) >= 11 is 0. The van der Waals surface area contributed by atoms with Gasteiger partial charge < -0.3 is 4.74 Å². The Morgan fingerprint density at radius 3 is 2.52 bits per heavy atom. The van der Waals surface area contributed by atoms with Crippen molar-refractivity contribution in [1.82, 2.24) is 14.6 Å². The Morgan fingerprint density at radius 2 is 1.76 bits per heavy atom. The Balaban J connectivity index is 1.71. The molecular formula is C24H36N4O. The average molecular weight is 397 g/mol. The predicted octanol–water partition coefficient (Wildman–Crippen LogP) is 5.71. The largest absolute Gasteiger partial charge is 0.493 e. The van der Waals surface area contributed by atoms with Gasteiger partial charge in [0.05, 0.1) is 12.2 Å². The molecule has 0 radical (unpaired) electrons. The van der Waals surface area contributed by atoms with Gasteiger partial charge >= 0.3 is 0 Å². The molecule has 158 valence electrons. The maximum atomic E-state index is 6.20. The second-order valence-corrected chi connectivity index (χ2v) is 7.87. The van der Waals surface area contributed by atoms with Crippen LogP contribution >= 0.6 is 0 Å². The summed E-state index contributed by atoms with van der Waals surface area (Å²) in [6.07, 6.45) is 18.2. The molecule has 0 bridgehead atoms. The van der Waals surface area contributed by atoms with Crippen molar-refractivity contribution in [3.63, 3.8) is 0 Å². The predicted molar refractivity (Wildman–Crippen MR) is 120 cm³/mol. The molecular weight excluding hydrogens is 360 g/mol. The smallest absolute Gasteiger partial charge is 0.169 e. The fourth-order valence-corrected chi connectivity index (χ4v) is 3.76. The van der Waals surface area contributed by atoms with E-state index in [2.05, 4.69) is 35.1 Å². The lowest BCUT2D eigenvalue weighted by atomic mass is 10.1. The molecule has 0 spiro atoms. The number of aromatic nitrogens is 2. The van der Waals surface area contributed by atoms with Crippen molar-refractivity contribution in [3.05, 3.63) is 48.5 Å². The average Bonchev–Trinajstić information content (AvgIpc) is 3.16. The normalized spacial score (nSPS) is 15.3. The third-order valence-electron chi connectivity index (χ3n) is 5.45. The maximum absolute atomic E-state index is 6.20. The van der Waals surface area contributed by atoms with Crippen LogP contribution < -0.4 is 4.74 Å². The summed E-state index contributed by atoms with van der Waals surface area (Å²) in [6, 6.07) is 8.26.